The van der Waals surface area contributed by atoms with E-state index in [1.807, 2.05) is 13.0 Å². The maximum absolute atomic E-state index is 11.6. The second kappa shape index (κ2) is 4.29. The van der Waals surface area contributed by atoms with Crippen molar-refractivity contribution in [2.45, 2.75) is 19.4 Å². The van der Waals surface area contributed by atoms with Gasteiger partial charge in [-0.1, -0.05) is 6.08 Å². The van der Waals surface area contributed by atoms with Crippen LogP contribution >= 0.6 is 0 Å². The topological polar surface area (TPSA) is 55.8 Å². The number of rotatable bonds is 2. The van der Waals surface area contributed by atoms with E-state index in [1.54, 1.807) is 0 Å². The van der Waals surface area contributed by atoms with E-state index in [1.165, 1.54) is 13.4 Å². The van der Waals surface area contributed by atoms with Crippen molar-refractivity contribution in [1.82, 2.24) is 0 Å². The van der Waals surface area contributed by atoms with Gasteiger partial charge in [0.1, 0.15) is 6.10 Å². The van der Waals surface area contributed by atoms with Crippen molar-refractivity contribution in [1.29, 1.82) is 0 Å². The molecule has 1 heterocycles. The maximum atomic E-state index is 11.6. The Labute approximate surface area is 94.5 Å². The molecule has 88 valence electrons. The Bertz CT molecular complexity index is 356. The summed E-state index contributed by atoms with van der Waals surface area (Å²) < 4.78 is 10.2. The molecule has 16 heavy (non-hydrogen) atoms. The average Bonchev–Trinajstić information content (AvgIpc) is 2.73. The molecule has 4 nitrogen and oxygen atoms in total. The third-order valence-corrected chi connectivity index (χ3v) is 3.41. The smallest absolute Gasteiger partial charge is 0.337 e. The van der Waals surface area contributed by atoms with Crippen LogP contribution in [0.3, 0.4) is 0 Å². The summed E-state index contributed by atoms with van der Waals surface area (Å²) in [6.07, 6.45) is 4.28. The monoisotopic (exact) mass is 224 g/mol. The van der Waals surface area contributed by atoms with E-state index in [0.29, 0.717) is 5.57 Å². The maximum Gasteiger partial charge on any atom is 0.337 e. The zero-order valence-electron chi connectivity index (χ0n) is 9.47. The quantitative estimate of drug-likeness (QED) is 0.562. The molecule has 0 aromatic carbocycles. The van der Waals surface area contributed by atoms with Gasteiger partial charge in [-0.15, -0.1) is 0 Å². The highest BCUT2D eigenvalue weighted by Crippen LogP contribution is 2.42. The first kappa shape index (κ1) is 11.2. The fourth-order valence-corrected chi connectivity index (χ4v) is 2.61. The van der Waals surface area contributed by atoms with E-state index < -0.39 is 0 Å². The number of esters is 1. The lowest BCUT2D eigenvalue weighted by Gasteiger charge is -2.32. The summed E-state index contributed by atoms with van der Waals surface area (Å²) in [5, 5.41) is 9.25. The predicted octanol–water partition coefficient (Wildman–Crippen LogP) is 1.02. The Balaban J connectivity index is 2.26. The zero-order valence-corrected chi connectivity index (χ0v) is 9.47. The van der Waals surface area contributed by atoms with Crippen LogP contribution in [0.5, 0.6) is 0 Å². The highest BCUT2D eigenvalue weighted by Gasteiger charge is 2.41. The minimum absolute atomic E-state index is 0.000642. The van der Waals surface area contributed by atoms with Crippen LogP contribution in [-0.2, 0) is 14.3 Å². The first-order valence-corrected chi connectivity index (χ1v) is 5.42. The highest BCUT2D eigenvalue weighted by atomic mass is 16.5. The van der Waals surface area contributed by atoms with Crippen molar-refractivity contribution in [2.24, 2.45) is 11.8 Å². The van der Waals surface area contributed by atoms with E-state index >= 15 is 0 Å². The van der Waals surface area contributed by atoms with Crippen LogP contribution in [0.15, 0.2) is 23.5 Å². The molecule has 0 spiro atoms. The standard InChI is InChI=1S/C12H16O4/c1-7-11-8(5-13)3-4-9(11)10(6-16-7)12(14)15-2/h3,6-7,9,11,13H,4-5H2,1-2H3/t7-,9+,11+/m0/s1. The van der Waals surface area contributed by atoms with E-state index in [-0.39, 0.29) is 30.5 Å². The Morgan fingerprint density at radius 3 is 3.06 bits per heavy atom. The van der Waals surface area contributed by atoms with Gasteiger partial charge in [-0.3, -0.25) is 0 Å². The normalized spacial score (nSPS) is 32.3. The highest BCUT2D eigenvalue weighted by molar-refractivity contribution is 5.89. The SMILES string of the molecule is COC(=O)C1=CO[C@@H](C)[C@@H]2C(CO)=CC[C@H]12. The van der Waals surface area contributed by atoms with Crippen molar-refractivity contribution < 1.29 is 19.4 Å². The van der Waals surface area contributed by atoms with Gasteiger partial charge in [-0.05, 0) is 18.9 Å². The lowest BCUT2D eigenvalue weighted by Crippen LogP contribution is -2.33. The van der Waals surface area contributed by atoms with Gasteiger partial charge in [-0.25, -0.2) is 4.79 Å². The van der Waals surface area contributed by atoms with Crippen LogP contribution in [0, 0.1) is 11.8 Å². The minimum Gasteiger partial charge on any atom is -0.497 e. The van der Waals surface area contributed by atoms with Crippen molar-refractivity contribution >= 4 is 5.97 Å². The molecule has 2 rings (SSSR count). The molecule has 0 unspecified atom stereocenters. The van der Waals surface area contributed by atoms with Crippen LogP contribution in [-0.4, -0.2) is 30.9 Å². The number of allylic oxidation sites excluding steroid dienone is 1. The van der Waals surface area contributed by atoms with Gasteiger partial charge in [0.05, 0.1) is 25.6 Å². The largest absolute Gasteiger partial charge is 0.497 e. The van der Waals surface area contributed by atoms with E-state index in [9.17, 15) is 9.90 Å². The van der Waals surface area contributed by atoms with Crippen molar-refractivity contribution in [3.63, 3.8) is 0 Å². The van der Waals surface area contributed by atoms with Crippen molar-refractivity contribution in [2.75, 3.05) is 13.7 Å². The number of hydrogen-bond acceptors (Lipinski definition) is 4. The molecule has 0 saturated heterocycles. The number of ether oxygens (including phenoxy) is 2. The van der Waals surface area contributed by atoms with E-state index in [0.717, 1.165) is 12.0 Å². The zero-order chi connectivity index (χ0) is 11.7. The first-order chi connectivity index (χ1) is 7.69. The Hall–Kier alpha value is -1.29. The molecule has 0 bridgehead atoms. The van der Waals surface area contributed by atoms with Crippen molar-refractivity contribution in [3.05, 3.63) is 23.5 Å². The van der Waals surface area contributed by atoms with E-state index in [4.69, 9.17) is 9.47 Å². The summed E-state index contributed by atoms with van der Waals surface area (Å²) in [4.78, 5) is 11.6. The number of hydrogen-bond donors (Lipinski definition) is 1. The molecule has 0 fully saturated rings. The van der Waals surface area contributed by atoms with Crippen LogP contribution in [0.4, 0.5) is 0 Å². The summed E-state index contributed by atoms with van der Waals surface area (Å²) >= 11 is 0. The summed E-state index contributed by atoms with van der Waals surface area (Å²) in [6, 6.07) is 0. The van der Waals surface area contributed by atoms with Crippen LogP contribution in [0.25, 0.3) is 0 Å². The second-order valence-electron chi connectivity index (χ2n) is 4.21. The number of carbonyl (C=O) groups excluding carboxylic acids is 1. The van der Waals surface area contributed by atoms with Crippen LogP contribution in [0.2, 0.25) is 0 Å². The summed E-state index contributed by atoms with van der Waals surface area (Å²) in [5.74, 6) is -0.142. The lowest BCUT2D eigenvalue weighted by atomic mass is 9.81. The Morgan fingerprint density at radius 2 is 2.44 bits per heavy atom. The molecule has 1 N–H and O–H groups in total. The number of fused-ring (bicyclic) bond motifs is 1. The molecule has 0 aromatic rings. The molecular formula is C12H16O4. The molecule has 1 aliphatic carbocycles. The van der Waals surface area contributed by atoms with Gasteiger partial charge in [0.25, 0.3) is 0 Å². The minimum atomic E-state index is -0.338. The van der Waals surface area contributed by atoms with E-state index in [2.05, 4.69) is 0 Å². The molecule has 2 aliphatic rings. The fraction of sp³-hybridized carbons (Fsp3) is 0.583. The molecule has 3 atom stereocenters. The molecular weight excluding hydrogens is 208 g/mol. The number of aliphatic hydroxyl groups excluding tert-OH is 1. The Morgan fingerprint density at radius 1 is 1.69 bits per heavy atom. The van der Waals surface area contributed by atoms with Gasteiger partial charge in [0.15, 0.2) is 0 Å². The summed E-state index contributed by atoms with van der Waals surface area (Å²) in [7, 11) is 1.37. The van der Waals surface area contributed by atoms with Gasteiger partial charge in [0.2, 0.25) is 0 Å². The third-order valence-electron chi connectivity index (χ3n) is 3.41. The molecule has 0 amide bonds. The average molecular weight is 224 g/mol. The van der Waals surface area contributed by atoms with Gasteiger partial charge < -0.3 is 14.6 Å². The summed E-state index contributed by atoms with van der Waals surface area (Å²) in [6.45, 7) is 1.99. The van der Waals surface area contributed by atoms with Gasteiger partial charge >= 0.3 is 5.97 Å². The summed E-state index contributed by atoms with van der Waals surface area (Å²) in [5.41, 5.74) is 1.54. The number of carbonyl (C=O) groups is 1. The molecule has 0 saturated carbocycles. The predicted molar refractivity (Wildman–Crippen MR) is 57.4 cm³/mol. The molecule has 1 aliphatic heterocycles. The number of aliphatic hydroxyl groups is 1. The Kier molecular flexibility index (Phi) is 3.01. The van der Waals surface area contributed by atoms with Crippen LogP contribution < -0.4 is 0 Å². The first-order valence-electron chi connectivity index (χ1n) is 5.42. The number of methoxy groups -OCH3 is 1. The molecule has 0 radical (unpaired) electrons. The van der Waals surface area contributed by atoms with Gasteiger partial charge in [-0.2, -0.15) is 0 Å². The van der Waals surface area contributed by atoms with Gasteiger partial charge in [0, 0.05) is 11.8 Å². The van der Waals surface area contributed by atoms with Crippen LogP contribution in [0.1, 0.15) is 13.3 Å². The molecule has 4 heteroatoms. The third kappa shape index (κ3) is 1.63. The lowest BCUT2D eigenvalue weighted by molar-refractivity contribution is -0.137. The van der Waals surface area contributed by atoms with Crippen molar-refractivity contribution in [3.8, 4) is 0 Å². The molecule has 0 aromatic heterocycles. The second-order valence-corrected chi connectivity index (χ2v) is 4.21. The fourth-order valence-electron chi connectivity index (χ4n) is 2.61.